The molecule has 1 aromatic carbocycles. The number of likely N-dealkylation sites (N-methyl/N-ethyl adjacent to an activating group) is 1. The number of rotatable bonds is 28. The van der Waals surface area contributed by atoms with E-state index in [9.17, 15) is 28.3 Å². The minimum atomic E-state index is -2.62. The molecule has 0 saturated carbocycles. The van der Waals surface area contributed by atoms with Crippen molar-refractivity contribution in [2.24, 2.45) is 5.92 Å². The number of amides is 2. The maximum atomic E-state index is 14.2. The third kappa shape index (κ3) is 17.6. The number of carbonyl (C=O) groups is 3. The van der Waals surface area contributed by atoms with Crippen LogP contribution in [-0.4, -0.2) is 54.8 Å². The molecule has 2 amide bonds. The molecule has 8 nitrogen and oxygen atoms in total. The van der Waals surface area contributed by atoms with E-state index >= 15 is 0 Å². The van der Waals surface area contributed by atoms with Gasteiger partial charge in [-0.05, 0) is 56.2 Å². The number of hydrogen-bond acceptors (Lipinski definition) is 6. The summed E-state index contributed by atoms with van der Waals surface area (Å²) in [5, 5.41) is 16.6. The fraction of sp³-hybridized carbons (Fsp3) is 0.703. The highest BCUT2D eigenvalue weighted by atomic mass is 19.3. The molecule has 0 heterocycles. The number of aliphatic hydroxyl groups is 1. The molecule has 0 aromatic heterocycles. The first-order chi connectivity index (χ1) is 22.6. The summed E-state index contributed by atoms with van der Waals surface area (Å²) in [6.45, 7) is 6.71. The van der Waals surface area contributed by atoms with Gasteiger partial charge in [-0.3, -0.25) is 14.4 Å². The van der Waals surface area contributed by atoms with Crippen LogP contribution < -0.4 is 15.4 Å². The Kier molecular flexibility index (Phi) is 21.6. The quantitative estimate of drug-likeness (QED) is 0.0364. The normalized spacial score (nSPS) is 14.3. The van der Waals surface area contributed by atoms with E-state index in [1.807, 2.05) is 24.3 Å². The van der Waals surface area contributed by atoms with Gasteiger partial charge in [0, 0.05) is 32.7 Å². The van der Waals surface area contributed by atoms with Crippen molar-refractivity contribution in [2.75, 3.05) is 13.7 Å². The molecular weight excluding hydrogens is 606 g/mol. The van der Waals surface area contributed by atoms with Crippen molar-refractivity contribution < 1.29 is 37.7 Å². The Balaban J connectivity index is 2.82. The number of ether oxygens (including phenoxy) is 2. The molecule has 10 heteroatoms. The number of allylic oxidation sites excluding steroid dienone is 1. The second-order valence-electron chi connectivity index (χ2n) is 12.4. The first kappa shape index (κ1) is 42.0. The van der Waals surface area contributed by atoms with Crippen molar-refractivity contribution in [1.82, 2.24) is 10.6 Å². The van der Waals surface area contributed by atoms with Gasteiger partial charge in [0.1, 0.15) is 17.7 Å². The van der Waals surface area contributed by atoms with Crippen LogP contribution in [0.25, 0.3) is 0 Å². The van der Waals surface area contributed by atoms with Crippen molar-refractivity contribution in [2.45, 2.75) is 148 Å². The van der Waals surface area contributed by atoms with E-state index in [2.05, 4.69) is 24.5 Å². The summed E-state index contributed by atoms with van der Waals surface area (Å²) in [5.41, 5.74) is 0.798. The van der Waals surface area contributed by atoms with Crippen molar-refractivity contribution in [3.63, 3.8) is 0 Å². The van der Waals surface area contributed by atoms with Gasteiger partial charge in [-0.2, -0.15) is 0 Å². The van der Waals surface area contributed by atoms with Gasteiger partial charge in [-0.15, -0.1) is 0 Å². The van der Waals surface area contributed by atoms with E-state index in [1.165, 1.54) is 13.1 Å². The molecule has 1 rings (SSSR count). The van der Waals surface area contributed by atoms with Crippen LogP contribution in [0.5, 0.6) is 5.75 Å². The van der Waals surface area contributed by atoms with Gasteiger partial charge in [0.15, 0.2) is 0 Å². The van der Waals surface area contributed by atoms with Crippen molar-refractivity contribution in [3.8, 4) is 5.75 Å². The number of halogens is 2. The number of unbranched alkanes of at least 4 members (excludes halogenated alkanes) is 9. The van der Waals surface area contributed by atoms with Crippen molar-refractivity contribution in [1.29, 1.82) is 0 Å². The minimum Gasteiger partial charge on any atom is -0.494 e. The van der Waals surface area contributed by atoms with Gasteiger partial charge < -0.3 is 25.2 Å². The molecule has 0 aliphatic heterocycles. The van der Waals surface area contributed by atoms with E-state index in [4.69, 9.17) is 9.47 Å². The molecule has 3 N–H and O–H groups in total. The zero-order chi connectivity index (χ0) is 35.0. The Bertz CT molecular complexity index is 1040. The van der Waals surface area contributed by atoms with Gasteiger partial charge in [-0.25, -0.2) is 8.78 Å². The van der Waals surface area contributed by atoms with Gasteiger partial charge in [-0.1, -0.05) is 90.0 Å². The molecule has 47 heavy (non-hydrogen) atoms. The highest BCUT2D eigenvalue weighted by molar-refractivity contribution is 5.89. The third-order valence-electron chi connectivity index (χ3n) is 8.28. The second-order valence-corrected chi connectivity index (χ2v) is 12.4. The van der Waals surface area contributed by atoms with E-state index < -0.39 is 35.5 Å². The van der Waals surface area contributed by atoms with E-state index in [1.54, 1.807) is 13.0 Å². The summed E-state index contributed by atoms with van der Waals surface area (Å²) in [5.74, 6) is -6.36. The average Bonchev–Trinajstić information content (AvgIpc) is 3.04. The molecule has 3 atom stereocenters. The number of benzene rings is 1. The Hall–Kier alpha value is -3.01. The zero-order valence-corrected chi connectivity index (χ0v) is 29.2. The Morgan fingerprint density at radius 3 is 2.04 bits per heavy atom. The highest BCUT2D eigenvalue weighted by Crippen LogP contribution is 2.29. The van der Waals surface area contributed by atoms with Crippen molar-refractivity contribution >= 4 is 18.3 Å². The lowest BCUT2D eigenvalue weighted by atomic mass is 9.91. The predicted octanol–water partition coefficient (Wildman–Crippen LogP) is 7.81. The van der Waals surface area contributed by atoms with E-state index in [-0.39, 0.29) is 32.2 Å². The van der Waals surface area contributed by atoms with Gasteiger partial charge in [0.2, 0.25) is 23.5 Å². The van der Waals surface area contributed by atoms with Crippen LogP contribution in [0, 0.1) is 5.92 Å². The summed E-state index contributed by atoms with van der Waals surface area (Å²) < 4.78 is 39.1. The molecule has 2 unspecified atom stereocenters. The fourth-order valence-electron chi connectivity index (χ4n) is 5.45. The number of carbonyl (C=O) groups excluding carboxylic acids is 3. The van der Waals surface area contributed by atoms with Crippen LogP contribution in [0.4, 0.5) is 8.78 Å². The van der Waals surface area contributed by atoms with Crippen LogP contribution in [0.3, 0.4) is 0 Å². The van der Waals surface area contributed by atoms with Crippen LogP contribution in [0.15, 0.2) is 36.4 Å². The van der Waals surface area contributed by atoms with Crippen LogP contribution in [-0.2, 0) is 25.5 Å². The first-order valence-electron chi connectivity index (χ1n) is 17.7. The lowest BCUT2D eigenvalue weighted by Gasteiger charge is -2.32. The smallest absolute Gasteiger partial charge is 0.295 e. The van der Waals surface area contributed by atoms with Gasteiger partial charge in [0.05, 0.1) is 6.61 Å². The minimum absolute atomic E-state index is 0.00508. The SMILES string of the molecule is CCCCCCCC(F)(F)CCCCCC/C=C/[C@H](C(=O)NC(Cc1ccc(OCCCC)cc1)C(=O)NC)C(O)(CCC)OC=O. The molecular formula is C37H60F2N2O6. The summed E-state index contributed by atoms with van der Waals surface area (Å²) >= 11 is 0. The van der Waals surface area contributed by atoms with Crippen LogP contribution in [0.2, 0.25) is 0 Å². The topological polar surface area (TPSA) is 114 Å². The molecule has 0 fully saturated rings. The monoisotopic (exact) mass is 666 g/mol. The van der Waals surface area contributed by atoms with Crippen LogP contribution >= 0.6 is 0 Å². The Morgan fingerprint density at radius 2 is 1.47 bits per heavy atom. The summed E-state index contributed by atoms with van der Waals surface area (Å²) in [7, 11) is 1.47. The summed E-state index contributed by atoms with van der Waals surface area (Å²) in [6, 6.07) is 6.35. The number of hydrogen-bond donors (Lipinski definition) is 3. The second kappa shape index (κ2) is 24.2. The zero-order valence-electron chi connectivity index (χ0n) is 29.2. The maximum absolute atomic E-state index is 14.2. The predicted molar refractivity (Wildman–Crippen MR) is 182 cm³/mol. The molecule has 1 aromatic rings. The average molecular weight is 667 g/mol. The first-order valence-corrected chi connectivity index (χ1v) is 17.7. The number of nitrogens with one attached hydrogen (secondary N) is 2. The highest BCUT2D eigenvalue weighted by Gasteiger charge is 2.42. The molecule has 0 radical (unpaired) electrons. The molecule has 0 aliphatic rings. The lowest BCUT2D eigenvalue weighted by Crippen LogP contribution is -2.53. The molecule has 0 spiro atoms. The summed E-state index contributed by atoms with van der Waals surface area (Å²) in [6.07, 6.45) is 13.4. The number of alkyl halides is 2. The lowest BCUT2D eigenvalue weighted by molar-refractivity contribution is -0.215. The third-order valence-corrected chi connectivity index (χ3v) is 8.28. The molecule has 268 valence electrons. The molecule has 0 saturated heterocycles. The molecule has 0 bridgehead atoms. The van der Waals surface area contributed by atoms with Gasteiger partial charge >= 0.3 is 0 Å². The molecule has 0 aliphatic carbocycles. The van der Waals surface area contributed by atoms with E-state index in [0.717, 1.165) is 56.3 Å². The Labute approximate surface area is 281 Å². The Morgan fingerprint density at radius 1 is 0.851 bits per heavy atom. The van der Waals surface area contributed by atoms with E-state index in [0.29, 0.717) is 45.1 Å². The van der Waals surface area contributed by atoms with Crippen molar-refractivity contribution in [3.05, 3.63) is 42.0 Å². The van der Waals surface area contributed by atoms with Crippen LogP contribution in [0.1, 0.15) is 129 Å². The standard InChI is InChI=1S/C37H60F2N2O6/c1-5-8-10-14-17-25-36(38,39)26-18-15-12-11-13-16-19-32(37(45,24-7-3)47-29-42)34(43)41-33(35(44)40-4)28-30-20-22-31(23-21-30)46-27-9-6-2/h16,19-23,29,32-33,45H,5-15,17-18,24-28H2,1-4H3,(H,40,44)(H,41,43)/b19-16+/t32-,33?,37?/m1/s1. The maximum Gasteiger partial charge on any atom is 0.295 e. The largest absolute Gasteiger partial charge is 0.494 e. The van der Waals surface area contributed by atoms with Gasteiger partial charge in [0.25, 0.3) is 6.47 Å². The summed E-state index contributed by atoms with van der Waals surface area (Å²) in [4.78, 5) is 37.7. The fourth-order valence-corrected chi connectivity index (χ4v) is 5.45.